The monoisotopic (exact) mass is 529 g/mol. The molecule has 0 heterocycles. The van der Waals surface area contributed by atoms with Crippen LogP contribution < -0.4 is 16.0 Å². The van der Waals surface area contributed by atoms with Gasteiger partial charge in [-0.3, -0.25) is 29.3 Å². The number of primary amides is 1. The Morgan fingerprint density at radius 3 is 2.42 bits per heavy atom. The summed E-state index contributed by atoms with van der Waals surface area (Å²) in [7, 11) is 3.41. The van der Waals surface area contributed by atoms with Gasteiger partial charge in [-0.05, 0) is 36.3 Å². The molecule has 0 spiro atoms. The SMILES string of the molecule is CC(C)COC(=O)Nc1cc(N(C)C)c2c(c1O)C(=O)C1C(=O)[C@]3(O)C(=O)C(C(N)=O)C(=O)C[C@@H]3C[C@@H]1C2. The molecule has 5 N–H and O–H groups in total. The zero-order valence-corrected chi connectivity index (χ0v) is 21.6. The summed E-state index contributed by atoms with van der Waals surface area (Å²) in [6.45, 7) is 3.82. The van der Waals surface area contributed by atoms with Crippen molar-refractivity contribution in [2.75, 3.05) is 30.9 Å². The molecule has 4 rings (SSSR count). The number of nitrogens with zero attached hydrogens (tertiary/aromatic N) is 1. The van der Waals surface area contributed by atoms with Crippen LogP contribution in [0.4, 0.5) is 16.2 Å². The number of nitrogens with one attached hydrogen (secondary N) is 1. The number of rotatable bonds is 5. The van der Waals surface area contributed by atoms with Crippen molar-refractivity contribution in [3.8, 4) is 5.75 Å². The van der Waals surface area contributed by atoms with Gasteiger partial charge in [-0.15, -0.1) is 0 Å². The minimum atomic E-state index is -2.72. The molecule has 1 aromatic rings. The van der Waals surface area contributed by atoms with E-state index in [4.69, 9.17) is 10.5 Å². The highest BCUT2D eigenvalue weighted by molar-refractivity contribution is 6.31. The first-order chi connectivity index (χ1) is 17.7. The second kappa shape index (κ2) is 9.50. The van der Waals surface area contributed by atoms with Gasteiger partial charge in [-0.2, -0.15) is 0 Å². The van der Waals surface area contributed by atoms with Crippen molar-refractivity contribution in [2.24, 2.45) is 35.3 Å². The summed E-state index contributed by atoms with van der Waals surface area (Å²) in [5.41, 5.74) is 3.09. The number of hydrogen-bond acceptors (Lipinski definition) is 10. The number of carbonyl (C=O) groups excluding carboxylic acids is 6. The highest BCUT2D eigenvalue weighted by Crippen LogP contribution is 2.52. The van der Waals surface area contributed by atoms with Gasteiger partial charge in [0.05, 0.1) is 23.8 Å². The number of fused-ring (bicyclic) bond motifs is 3. The number of ketones is 4. The number of nitrogens with two attached hydrogens (primary N) is 1. The lowest BCUT2D eigenvalue weighted by atomic mass is 9.53. The van der Waals surface area contributed by atoms with Gasteiger partial charge in [0.15, 0.2) is 34.7 Å². The average molecular weight is 530 g/mol. The van der Waals surface area contributed by atoms with Crippen LogP contribution in [0.5, 0.6) is 5.75 Å². The highest BCUT2D eigenvalue weighted by Gasteiger charge is 2.66. The van der Waals surface area contributed by atoms with E-state index in [-0.39, 0.29) is 36.6 Å². The molecule has 0 bridgehead atoms. The number of carbonyl (C=O) groups is 6. The van der Waals surface area contributed by atoms with Gasteiger partial charge in [0.25, 0.3) is 0 Å². The summed E-state index contributed by atoms with van der Waals surface area (Å²) < 4.78 is 5.11. The zero-order valence-electron chi connectivity index (χ0n) is 21.6. The fraction of sp³-hybridized carbons (Fsp3) is 0.538. The zero-order chi connectivity index (χ0) is 28.3. The molecule has 0 saturated heterocycles. The molecule has 1 aromatic carbocycles. The van der Waals surface area contributed by atoms with Gasteiger partial charge in [0.2, 0.25) is 5.91 Å². The smallest absolute Gasteiger partial charge is 0.411 e. The van der Waals surface area contributed by atoms with Crippen LogP contribution in [0.1, 0.15) is 42.6 Å². The molecule has 38 heavy (non-hydrogen) atoms. The second-order valence-corrected chi connectivity index (χ2v) is 10.9. The maximum Gasteiger partial charge on any atom is 0.411 e. The van der Waals surface area contributed by atoms with Gasteiger partial charge in [-0.25, -0.2) is 4.79 Å². The Kier molecular flexibility index (Phi) is 6.81. The summed E-state index contributed by atoms with van der Waals surface area (Å²) in [5, 5.41) is 24.8. The average Bonchev–Trinajstić information content (AvgIpc) is 2.81. The molecule has 2 saturated carbocycles. The van der Waals surface area contributed by atoms with E-state index in [1.807, 2.05) is 13.8 Å². The number of phenolic OH excluding ortho intramolecular Hbond substituents is 1. The fourth-order valence-electron chi connectivity index (χ4n) is 5.90. The van der Waals surface area contributed by atoms with Gasteiger partial charge >= 0.3 is 6.09 Å². The Balaban J connectivity index is 1.77. The van der Waals surface area contributed by atoms with E-state index in [1.54, 1.807) is 19.0 Å². The number of benzene rings is 1. The van der Waals surface area contributed by atoms with E-state index in [2.05, 4.69) is 5.32 Å². The molecule has 2 amide bonds. The van der Waals surface area contributed by atoms with Crippen molar-refractivity contribution in [1.82, 2.24) is 0 Å². The maximum atomic E-state index is 13.8. The van der Waals surface area contributed by atoms with E-state index in [0.717, 1.165) is 0 Å². The number of aliphatic hydroxyl groups is 1. The van der Waals surface area contributed by atoms with Crippen LogP contribution >= 0.6 is 0 Å². The number of Topliss-reactive ketones (excluding diaryl/α,β-unsaturated/α-hetero) is 4. The number of anilines is 2. The third-order valence-corrected chi connectivity index (χ3v) is 7.64. The Labute approximate surface area is 218 Å². The molecule has 0 radical (unpaired) electrons. The van der Waals surface area contributed by atoms with E-state index in [0.29, 0.717) is 11.3 Å². The molecule has 3 aliphatic carbocycles. The summed E-state index contributed by atoms with van der Waals surface area (Å²) in [4.78, 5) is 78.7. The number of amides is 2. The molecule has 12 heteroatoms. The predicted molar refractivity (Wildman–Crippen MR) is 133 cm³/mol. The molecule has 12 nitrogen and oxygen atoms in total. The molecule has 0 aliphatic heterocycles. The minimum Gasteiger partial charge on any atom is -0.505 e. The second-order valence-electron chi connectivity index (χ2n) is 10.9. The highest BCUT2D eigenvalue weighted by atomic mass is 16.5. The predicted octanol–water partition coefficient (Wildman–Crippen LogP) is 0.597. The standard InChI is InChI=1S/C26H31N3O9/c1-10(2)9-38-25(36)28-14-8-15(29(3)4)13-6-11-5-12-7-16(30)19(24(27)35)23(34)26(12,37)22(33)17(11)21(32)18(13)20(14)31/h8,10-12,17,19,31,37H,5-7,9H2,1-4H3,(H2,27,35)(H,28,36)/t11-,12+,17?,19?,26+/m1/s1. The van der Waals surface area contributed by atoms with Crippen LogP contribution in [0, 0.1) is 29.6 Å². The summed E-state index contributed by atoms with van der Waals surface area (Å²) in [6.07, 6.45) is -1.12. The lowest BCUT2D eigenvalue weighted by Crippen LogP contribution is -2.68. The molecule has 2 fully saturated rings. The third-order valence-electron chi connectivity index (χ3n) is 7.64. The Morgan fingerprint density at radius 2 is 1.84 bits per heavy atom. The molecule has 3 aliphatic rings. The van der Waals surface area contributed by atoms with E-state index >= 15 is 0 Å². The van der Waals surface area contributed by atoms with E-state index in [9.17, 15) is 39.0 Å². The number of phenols is 1. The van der Waals surface area contributed by atoms with Crippen molar-refractivity contribution in [3.63, 3.8) is 0 Å². The number of ether oxygens (including phenoxy) is 1. The first-order valence-electron chi connectivity index (χ1n) is 12.4. The van der Waals surface area contributed by atoms with Crippen molar-refractivity contribution < 1.29 is 43.7 Å². The van der Waals surface area contributed by atoms with Crippen LogP contribution in [-0.4, -0.2) is 71.6 Å². The first-order valence-corrected chi connectivity index (χ1v) is 12.4. The largest absolute Gasteiger partial charge is 0.505 e. The van der Waals surface area contributed by atoms with Crippen LogP contribution in [0.2, 0.25) is 0 Å². The third kappa shape index (κ3) is 4.12. The molecular weight excluding hydrogens is 498 g/mol. The summed E-state index contributed by atoms with van der Waals surface area (Å²) >= 11 is 0. The van der Waals surface area contributed by atoms with Crippen LogP contribution in [0.15, 0.2) is 6.07 Å². The van der Waals surface area contributed by atoms with Crippen LogP contribution in [0.25, 0.3) is 0 Å². The lowest BCUT2D eigenvalue weighted by Gasteiger charge is -2.48. The Hall–Kier alpha value is -3.80. The Morgan fingerprint density at radius 1 is 1.18 bits per heavy atom. The van der Waals surface area contributed by atoms with Gasteiger partial charge < -0.3 is 25.6 Å². The molecule has 2 unspecified atom stereocenters. The van der Waals surface area contributed by atoms with E-state index < -0.39 is 76.6 Å². The van der Waals surface area contributed by atoms with Gasteiger partial charge in [0.1, 0.15) is 5.75 Å². The molecule has 5 atom stereocenters. The Bertz CT molecular complexity index is 1270. The molecular formula is C26H31N3O9. The van der Waals surface area contributed by atoms with Crippen LogP contribution in [-0.2, 0) is 30.3 Å². The summed E-state index contributed by atoms with van der Waals surface area (Å²) in [6, 6.07) is 1.49. The van der Waals surface area contributed by atoms with Crippen molar-refractivity contribution in [3.05, 3.63) is 17.2 Å². The van der Waals surface area contributed by atoms with E-state index in [1.165, 1.54) is 6.07 Å². The first kappa shape index (κ1) is 27.2. The van der Waals surface area contributed by atoms with Crippen molar-refractivity contribution in [1.29, 1.82) is 0 Å². The van der Waals surface area contributed by atoms with Crippen molar-refractivity contribution >= 4 is 46.5 Å². The fourth-order valence-corrected chi connectivity index (χ4v) is 5.90. The minimum absolute atomic E-state index is 0.00376. The van der Waals surface area contributed by atoms with Crippen molar-refractivity contribution in [2.45, 2.75) is 38.7 Å². The topological polar surface area (TPSA) is 193 Å². The lowest BCUT2D eigenvalue weighted by molar-refractivity contribution is -0.175. The quantitative estimate of drug-likeness (QED) is 0.310. The number of hydrogen-bond donors (Lipinski definition) is 4. The van der Waals surface area contributed by atoms with Crippen LogP contribution in [0.3, 0.4) is 0 Å². The van der Waals surface area contributed by atoms with Gasteiger partial charge in [-0.1, -0.05) is 13.8 Å². The van der Waals surface area contributed by atoms with Gasteiger partial charge in [0, 0.05) is 32.1 Å². The molecule has 204 valence electrons. The molecule has 0 aromatic heterocycles. The number of aromatic hydroxyl groups is 1. The summed E-state index contributed by atoms with van der Waals surface area (Å²) in [5.74, 6) is -11.0. The normalized spacial score (nSPS) is 28.4. The maximum absolute atomic E-state index is 13.8.